The van der Waals surface area contributed by atoms with Gasteiger partial charge in [-0.3, -0.25) is 4.79 Å². The molecule has 0 radical (unpaired) electrons. The molecule has 1 amide bonds. The van der Waals surface area contributed by atoms with Crippen molar-refractivity contribution in [2.45, 2.75) is 78.9 Å². The first-order valence-electron chi connectivity index (χ1n) is 10.4. The van der Waals surface area contributed by atoms with E-state index in [1.54, 1.807) is 39.0 Å². The molecule has 0 bridgehead atoms. The molecule has 1 aromatic rings. The Bertz CT molecular complexity index is 872. The van der Waals surface area contributed by atoms with E-state index in [-0.39, 0.29) is 5.56 Å². The summed E-state index contributed by atoms with van der Waals surface area (Å²) in [5.41, 5.74) is 7.55. The van der Waals surface area contributed by atoms with Crippen LogP contribution >= 0.6 is 0 Å². The molecule has 0 spiro atoms. The molecule has 1 rings (SSSR count). The third-order valence-corrected chi connectivity index (χ3v) is 11.8. The van der Waals surface area contributed by atoms with Gasteiger partial charge in [0.2, 0.25) is 0 Å². The normalized spacial score (nSPS) is 11.7. The second-order valence-electron chi connectivity index (χ2n) is 9.59. The van der Waals surface area contributed by atoms with Gasteiger partial charge in [0.1, 0.15) is 8.07 Å². The highest BCUT2D eigenvalue weighted by atomic mass is 28.3. The lowest BCUT2D eigenvalue weighted by atomic mass is 9.98. The summed E-state index contributed by atoms with van der Waals surface area (Å²) in [5, 5.41) is 9.29. The van der Waals surface area contributed by atoms with Crippen LogP contribution in [0.5, 0.6) is 0 Å². The molecular formula is C24H34N2O3Si. The average Bonchev–Trinajstić information content (AvgIpc) is 2.64. The van der Waals surface area contributed by atoms with Gasteiger partial charge in [-0.25, -0.2) is 4.79 Å². The van der Waals surface area contributed by atoms with Crippen LogP contribution in [0.2, 0.25) is 16.6 Å². The van der Waals surface area contributed by atoms with E-state index in [1.807, 2.05) is 0 Å². The zero-order valence-electron chi connectivity index (χ0n) is 19.6. The minimum atomic E-state index is -2.02. The Morgan fingerprint density at radius 2 is 1.57 bits per heavy atom. The fraction of sp³-hybridized carbons (Fsp3) is 0.542. The molecule has 0 heterocycles. The van der Waals surface area contributed by atoms with Gasteiger partial charge >= 0.3 is 5.97 Å². The maximum Gasteiger partial charge on any atom is 0.337 e. The molecule has 5 nitrogen and oxygen atoms in total. The van der Waals surface area contributed by atoms with Gasteiger partial charge < -0.3 is 4.84 Å². The second-order valence-corrected chi connectivity index (χ2v) is 15.2. The Kier molecular flexibility index (Phi) is 8.45. The minimum absolute atomic E-state index is 0.280. The highest BCUT2D eigenvalue weighted by Gasteiger charge is 2.41. The van der Waals surface area contributed by atoms with E-state index < -0.39 is 25.4 Å². The SMILES string of the molecule is CC(C)[Si](C#Cc1cc(C#N)ccc1C(=O)NOC(=O)C(C)(C)C)(C(C)C)C(C)C. The molecule has 30 heavy (non-hydrogen) atoms. The number of carbonyl (C=O) groups excluding carboxylic acids is 2. The third kappa shape index (κ3) is 5.74. The van der Waals surface area contributed by atoms with Gasteiger partial charge in [-0.05, 0) is 55.6 Å². The van der Waals surface area contributed by atoms with Gasteiger partial charge in [-0.1, -0.05) is 47.5 Å². The minimum Gasteiger partial charge on any atom is -0.340 e. The number of nitrogens with one attached hydrogen (secondary N) is 1. The molecule has 0 aromatic heterocycles. The van der Waals surface area contributed by atoms with Crippen molar-refractivity contribution in [1.29, 1.82) is 5.26 Å². The summed E-state index contributed by atoms with van der Waals surface area (Å²) in [5.74, 6) is 2.13. The Hall–Kier alpha value is -2.57. The van der Waals surface area contributed by atoms with Crippen LogP contribution in [-0.4, -0.2) is 20.0 Å². The lowest BCUT2D eigenvalue weighted by Crippen LogP contribution is -2.43. The molecule has 0 fully saturated rings. The first kappa shape index (κ1) is 25.5. The first-order chi connectivity index (χ1) is 13.8. The Morgan fingerprint density at radius 3 is 2.00 bits per heavy atom. The highest BCUT2D eigenvalue weighted by Crippen LogP contribution is 2.40. The van der Waals surface area contributed by atoms with E-state index >= 15 is 0 Å². The lowest BCUT2D eigenvalue weighted by Gasteiger charge is -2.38. The van der Waals surface area contributed by atoms with Crippen LogP contribution in [-0.2, 0) is 9.63 Å². The number of hydrogen-bond donors (Lipinski definition) is 1. The molecule has 0 aliphatic heterocycles. The Balaban J connectivity index is 3.41. The largest absolute Gasteiger partial charge is 0.340 e. The van der Waals surface area contributed by atoms with Crippen molar-refractivity contribution in [2.24, 2.45) is 5.41 Å². The molecule has 0 atom stereocenters. The molecule has 0 saturated carbocycles. The summed E-state index contributed by atoms with van der Waals surface area (Å²) in [6.07, 6.45) is 0. The number of hydrogen-bond acceptors (Lipinski definition) is 4. The molecule has 0 saturated heterocycles. The fourth-order valence-electron chi connectivity index (χ4n) is 3.82. The van der Waals surface area contributed by atoms with Gasteiger partial charge in [-0.15, -0.1) is 5.54 Å². The van der Waals surface area contributed by atoms with Crippen LogP contribution in [0.3, 0.4) is 0 Å². The number of benzene rings is 1. The van der Waals surface area contributed by atoms with Crippen LogP contribution in [0.25, 0.3) is 0 Å². The molecule has 162 valence electrons. The van der Waals surface area contributed by atoms with Gasteiger partial charge in [0.25, 0.3) is 5.91 Å². The van der Waals surface area contributed by atoms with Crippen molar-refractivity contribution < 1.29 is 14.4 Å². The molecule has 0 aliphatic carbocycles. The van der Waals surface area contributed by atoms with Crippen LogP contribution in [0, 0.1) is 28.2 Å². The number of hydroxylamine groups is 1. The number of amides is 1. The van der Waals surface area contributed by atoms with E-state index in [2.05, 4.69) is 64.6 Å². The topological polar surface area (TPSA) is 79.2 Å². The summed E-state index contributed by atoms with van der Waals surface area (Å²) >= 11 is 0. The van der Waals surface area contributed by atoms with Gasteiger partial charge in [0, 0.05) is 5.56 Å². The standard InChI is InChI=1S/C24H34N2O3Si/c1-16(2)30(17(3)4,18(5)6)13-12-20-14-19(15-25)10-11-21(20)22(27)26-29-23(28)24(7,8)9/h10-11,14,16-18H,1-9H3,(H,26,27). The zero-order valence-corrected chi connectivity index (χ0v) is 20.6. The summed E-state index contributed by atoms with van der Waals surface area (Å²) in [7, 11) is -2.02. The molecular weight excluding hydrogens is 392 g/mol. The molecule has 0 unspecified atom stereocenters. The van der Waals surface area contributed by atoms with Crippen LogP contribution in [0.1, 0.15) is 83.8 Å². The molecule has 0 aliphatic rings. The van der Waals surface area contributed by atoms with Crippen molar-refractivity contribution in [3.8, 4) is 17.5 Å². The lowest BCUT2D eigenvalue weighted by molar-refractivity contribution is -0.158. The molecule has 1 aromatic carbocycles. The van der Waals surface area contributed by atoms with E-state index in [0.717, 1.165) is 0 Å². The molecule has 6 heteroatoms. The third-order valence-electron chi connectivity index (χ3n) is 5.52. The van der Waals surface area contributed by atoms with Crippen molar-refractivity contribution in [1.82, 2.24) is 5.48 Å². The quantitative estimate of drug-likeness (QED) is 0.399. The van der Waals surface area contributed by atoms with Crippen LogP contribution < -0.4 is 5.48 Å². The summed E-state index contributed by atoms with van der Waals surface area (Å²) < 4.78 is 0. The number of nitrogens with zero attached hydrogens (tertiary/aromatic N) is 1. The Morgan fingerprint density at radius 1 is 1.03 bits per heavy atom. The van der Waals surface area contributed by atoms with E-state index in [0.29, 0.717) is 27.8 Å². The highest BCUT2D eigenvalue weighted by molar-refractivity contribution is 6.90. The van der Waals surface area contributed by atoms with Gasteiger partial charge in [0.05, 0.1) is 22.6 Å². The summed E-state index contributed by atoms with van der Waals surface area (Å²) in [4.78, 5) is 29.6. The molecule has 1 N–H and O–H groups in total. The maximum absolute atomic E-state index is 12.7. The van der Waals surface area contributed by atoms with Crippen LogP contribution in [0.15, 0.2) is 18.2 Å². The van der Waals surface area contributed by atoms with E-state index in [1.165, 1.54) is 0 Å². The Labute approximate surface area is 182 Å². The fourth-order valence-corrected chi connectivity index (χ4v) is 9.04. The van der Waals surface area contributed by atoms with Crippen molar-refractivity contribution in [3.63, 3.8) is 0 Å². The number of carbonyl (C=O) groups is 2. The summed E-state index contributed by atoms with van der Waals surface area (Å²) in [6.45, 7) is 18.4. The predicted molar refractivity (Wildman–Crippen MR) is 122 cm³/mol. The van der Waals surface area contributed by atoms with Gasteiger partial charge in [0.15, 0.2) is 0 Å². The predicted octanol–water partition coefficient (Wildman–Crippen LogP) is 5.36. The van der Waals surface area contributed by atoms with E-state index in [9.17, 15) is 14.9 Å². The van der Waals surface area contributed by atoms with E-state index in [4.69, 9.17) is 4.84 Å². The first-order valence-corrected chi connectivity index (χ1v) is 12.6. The zero-order chi connectivity index (χ0) is 23.3. The van der Waals surface area contributed by atoms with Gasteiger partial charge in [-0.2, -0.15) is 10.7 Å². The van der Waals surface area contributed by atoms with Crippen LogP contribution in [0.4, 0.5) is 0 Å². The smallest absolute Gasteiger partial charge is 0.337 e. The van der Waals surface area contributed by atoms with Crippen molar-refractivity contribution >= 4 is 20.0 Å². The average molecular weight is 427 g/mol. The summed E-state index contributed by atoms with van der Waals surface area (Å²) in [6, 6.07) is 6.82. The van der Waals surface area contributed by atoms with Crippen molar-refractivity contribution in [2.75, 3.05) is 0 Å². The second kappa shape index (κ2) is 9.96. The maximum atomic E-state index is 12.7. The number of rotatable bonds is 4. The monoisotopic (exact) mass is 426 g/mol. The number of nitriles is 1. The van der Waals surface area contributed by atoms with Crippen molar-refractivity contribution in [3.05, 3.63) is 34.9 Å².